The Morgan fingerprint density at radius 1 is 1.28 bits per heavy atom. The van der Waals surface area contributed by atoms with Crippen molar-refractivity contribution in [1.82, 2.24) is 9.62 Å². The third kappa shape index (κ3) is 4.94. The molecule has 2 aromatic rings. The summed E-state index contributed by atoms with van der Waals surface area (Å²) in [6.07, 6.45) is 2.36. The molecule has 0 bridgehead atoms. The number of nitrogens with one attached hydrogen (secondary N) is 1. The SMILES string of the molecule is COc1cccc(CC2CCCN2C(=O)[C@H](C)NS(=O)(=O)c2ccccc2F)c1. The minimum absolute atomic E-state index is 0.0185. The molecule has 0 radical (unpaired) electrons. The minimum atomic E-state index is -4.14. The summed E-state index contributed by atoms with van der Waals surface area (Å²) in [6.45, 7) is 2.06. The molecule has 1 fully saturated rings. The average molecular weight is 421 g/mol. The first-order valence-corrected chi connectivity index (χ1v) is 11.0. The lowest BCUT2D eigenvalue weighted by atomic mass is 10.0. The van der Waals surface area contributed by atoms with E-state index in [9.17, 15) is 17.6 Å². The summed E-state index contributed by atoms with van der Waals surface area (Å²) in [5.41, 5.74) is 1.05. The molecule has 2 aromatic carbocycles. The molecule has 1 aliphatic rings. The number of amides is 1. The maximum absolute atomic E-state index is 13.9. The summed E-state index contributed by atoms with van der Waals surface area (Å²) >= 11 is 0. The number of benzene rings is 2. The summed E-state index contributed by atoms with van der Waals surface area (Å²) in [5, 5.41) is 0. The maximum Gasteiger partial charge on any atom is 0.244 e. The van der Waals surface area contributed by atoms with Crippen molar-refractivity contribution in [1.29, 1.82) is 0 Å². The van der Waals surface area contributed by atoms with Crippen LogP contribution in [0.15, 0.2) is 53.4 Å². The van der Waals surface area contributed by atoms with Crippen LogP contribution in [0.1, 0.15) is 25.3 Å². The Balaban J connectivity index is 1.70. The number of halogens is 1. The Bertz CT molecular complexity index is 980. The third-order valence-corrected chi connectivity index (χ3v) is 6.67. The quantitative estimate of drug-likeness (QED) is 0.747. The molecule has 6 nitrogen and oxygen atoms in total. The highest BCUT2D eigenvalue weighted by molar-refractivity contribution is 7.89. The van der Waals surface area contributed by atoms with Gasteiger partial charge in [0.2, 0.25) is 15.9 Å². The molecule has 0 aromatic heterocycles. The van der Waals surface area contributed by atoms with E-state index < -0.39 is 26.8 Å². The van der Waals surface area contributed by atoms with Gasteiger partial charge in [-0.05, 0) is 56.0 Å². The van der Waals surface area contributed by atoms with Gasteiger partial charge in [0.25, 0.3) is 0 Å². The molecule has 0 aliphatic carbocycles. The first-order chi connectivity index (χ1) is 13.8. The van der Waals surface area contributed by atoms with E-state index in [0.717, 1.165) is 30.2 Å². The summed E-state index contributed by atoms with van der Waals surface area (Å²) in [4.78, 5) is 14.2. The number of likely N-dealkylation sites (tertiary alicyclic amines) is 1. The fourth-order valence-electron chi connectivity index (χ4n) is 3.67. The van der Waals surface area contributed by atoms with Gasteiger partial charge in [0.15, 0.2) is 0 Å². The van der Waals surface area contributed by atoms with Crippen LogP contribution in [0, 0.1) is 5.82 Å². The van der Waals surface area contributed by atoms with Crippen molar-refractivity contribution >= 4 is 15.9 Å². The van der Waals surface area contributed by atoms with E-state index in [1.807, 2.05) is 24.3 Å². The van der Waals surface area contributed by atoms with Crippen molar-refractivity contribution in [3.8, 4) is 5.75 Å². The summed E-state index contributed by atoms with van der Waals surface area (Å²) in [5.74, 6) is -0.406. The molecule has 3 rings (SSSR count). The van der Waals surface area contributed by atoms with Gasteiger partial charge in [-0.1, -0.05) is 24.3 Å². The highest BCUT2D eigenvalue weighted by atomic mass is 32.2. The fourth-order valence-corrected chi connectivity index (χ4v) is 4.94. The summed E-state index contributed by atoms with van der Waals surface area (Å²) < 4.78 is 46.4. The number of carbonyl (C=O) groups excluding carboxylic acids is 1. The molecule has 156 valence electrons. The zero-order valence-corrected chi connectivity index (χ0v) is 17.3. The van der Waals surface area contributed by atoms with Crippen LogP contribution in [0.3, 0.4) is 0 Å². The number of carbonyl (C=O) groups is 1. The predicted molar refractivity (Wildman–Crippen MR) is 108 cm³/mol. The lowest BCUT2D eigenvalue weighted by molar-refractivity contribution is -0.133. The fraction of sp³-hybridized carbons (Fsp3) is 0.381. The second kappa shape index (κ2) is 8.92. The van der Waals surface area contributed by atoms with Crippen LogP contribution in [0.4, 0.5) is 4.39 Å². The lowest BCUT2D eigenvalue weighted by Crippen LogP contribution is -2.49. The average Bonchev–Trinajstić information content (AvgIpc) is 3.15. The molecule has 1 heterocycles. The van der Waals surface area contributed by atoms with Gasteiger partial charge in [0.05, 0.1) is 13.2 Å². The van der Waals surface area contributed by atoms with E-state index in [2.05, 4.69) is 4.72 Å². The van der Waals surface area contributed by atoms with Gasteiger partial charge >= 0.3 is 0 Å². The number of hydrogen-bond acceptors (Lipinski definition) is 4. The Morgan fingerprint density at radius 3 is 2.76 bits per heavy atom. The molecule has 8 heteroatoms. The molecular formula is C21H25FN2O4S. The molecule has 1 aliphatic heterocycles. The Morgan fingerprint density at radius 2 is 2.03 bits per heavy atom. The van der Waals surface area contributed by atoms with Crippen molar-refractivity contribution in [2.75, 3.05) is 13.7 Å². The Kier molecular flexibility index (Phi) is 6.54. The predicted octanol–water partition coefficient (Wildman–Crippen LogP) is 2.73. The van der Waals surface area contributed by atoms with E-state index >= 15 is 0 Å². The molecule has 1 amide bonds. The summed E-state index contributed by atoms with van der Waals surface area (Å²) in [7, 11) is -2.53. The van der Waals surface area contributed by atoms with E-state index in [1.165, 1.54) is 25.1 Å². The van der Waals surface area contributed by atoms with Crippen LogP contribution in [0.2, 0.25) is 0 Å². The lowest BCUT2D eigenvalue weighted by Gasteiger charge is -2.28. The van der Waals surface area contributed by atoms with Crippen LogP contribution in [-0.4, -0.2) is 45.0 Å². The van der Waals surface area contributed by atoms with Crippen LogP contribution in [-0.2, 0) is 21.2 Å². The van der Waals surface area contributed by atoms with E-state index in [1.54, 1.807) is 12.0 Å². The van der Waals surface area contributed by atoms with Gasteiger partial charge in [0, 0.05) is 12.6 Å². The number of ether oxygens (including phenoxy) is 1. The van der Waals surface area contributed by atoms with E-state index in [-0.39, 0.29) is 11.9 Å². The topological polar surface area (TPSA) is 75.7 Å². The van der Waals surface area contributed by atoms with Crippen LogP contribution < -0.4 is 9.46 Å². The molecule has 1 saturated heterocycles. The molecule has 0 spiro atoms. The monoisotopic (exact) mass is 420 g/mol. The second-order valence-corrected chi connectivity index (χ2v) is 8.84. The van der Waals surface area contributed by atoms with Crippen LogP contribution in [0.25, 0.3) is 0 Å². The van der Waals surface area contributed by atoms with Crippen molar-refractivity contribution in [2.24, 2.45) is 0 Å². The minimum Gasteiger partial charge on any atom is -0.497 e. The van der Waals surface area contributed by atoms with Crippen molar-refractivity contribution in [3.05, 3.63) is 59.9 Å². The zero-order valence-electron chi connectivity index (χ0n) is 16.5. The Labute approximate surface area is 170 Å². The molecule has 2 atom stereocenters. The van der Waals surface area contributed by atoms with Gasteiger partial charge < -0.3 is 9.64 Å². The van der Waals surface area contributed by atoms with Crippen molar-refractivity contribution < 1.29 is 22.3 Å². The molecule has 1 unspecified atom stereocenters. The normalized spacial score (nSPS) is 17.9. The first kappa shape index (κ1) is 21.3. The molecule has 1 N–H and O–H groups in total. The van der Waals surface area contributed by atoms with E-state index in [0.29, 0.717) is 13.0 Å². The number of hydrogen-bond donors (Lipinski definition) is 1. The smallest absolute Gasteiger partial charge is 0.244 e. The van der Waals surface area contributed by atoms with Crippen molar-refractivity contribution in [3.63, 3.8) is 0 Å². The maximum atomic E-state index is 13.9. The molecule has 29 heavy (non-hydrogen) atoms. The van der Waals surface area contributed by atoms with Crippen LogP contribution in [0.5, 0.6) is 5.75 Å². The third-order valence-electron chi connectivity index (χ3n) is 5.09. The van der Waals surface area contributed by atoms with Gasteiger partial charge in [-0.15, -0.1) is 0 Å². The highest BCUT2D eigenvalue weighted by Gasteiger charge is 2.33. The number of nitrogens with zero attached hydrogens (tertiary/aromatic N) is 1. The largest absolute Gasteiger partial charge is 0.497 e. The van der Waals surface area contributed by atoms with E-state index in [4.69, 9.17) is 4.74 Å². The second-order valence-electron chi connectivity index (χ2n) is 7.16. The van der Waals surface area contributed by atoms with Crippen LogP contribution >= 0.6 is 0 Å². The first-order valence-electron chi connectivity index (χ1n) is 9.52. The zero-order chi connectivity index (χ0) is 21.0. The standard InChI is InChI=1S/C21H25FN2O4S/c1-15(23-29(26,27)20-11-4-3-10-19(20)22)21(25)24-12-6-8-17(24)13-16-7-5-9-18(14-16)28-2/h3-5,7,9-11,14-15,17,23H,6,8,12-13H2,1-2H3/t15-,17?/m0/s1. The Hall–Kier alpha value is -2.45. The number of sulfonamides is 1. The van der Waals surface area contributed by atoms with Crippen molar-refractivity contribution in [2.45, 2.75) is 43.2 Å². The molecule has 0 saturated carbocycles. The summed E-state index contributed by atoms with van der Waals surface area (Å²) in [6, 6.07) is 11.8. The van der Waals surface area contributed by atoms with Gasteiger partial charge in [-0.25, -0.2) is 12.8 Å². The molecular weight excluding hydrogens is 395 g/mol. The van der Waals surface area contributed by atoms with Gasteiger partial charge in [-0.2, -0.15) is 4.72 Å². The number of methoxy groups -OCH3 is 1. The number of rotatable bonds is 7. The van der Waals surface area contributed by atoms with Gasteiger partial charge in [0.1, 0.15) is 16.5 Å². The highest BCUT2D eigenvalue weighted by Crippen LogP contribution is 2.24. The van der Waals surface area contributed by atoms with Gasteiger partial charge in [-0.3, -0.25) is 4.79 Å².